The third kappa shape index (κ3) is 2.98. The number of hydrogen-bond acceptors (Lipinski definition) is 2. The van der Waals surface area contributed by atoms with E-state index in [1.807, 2.05) is 0 Å². The molecule has 0 aromatic rings. The summed E-state index contributed by atoms with van der Waals surface area (Å²) in [5, 5.41) is 2.94. The van der Waals surface area contributed by atoms with E-state index in [4.69, 9.17) is 4.74 Å². The fourth-order valence-electron chi connectivity index (χ4n) is 2.01. The van der Waals surface area contributed by atoms with Crippen LogP contribution in [0.4, 0.5) is 0 Å². The van der Waals surface area contributed by atoms with E-state index in [-0.39, 0.29) is 12.0 Å². The summed E-state index contributed by atoms with van der Waals surface area (Å²) in [7, 11) is 1.56. The lowest BCUT2D eigenvalue weighted by Gasteiger charge is -2.17. The van der Waals surface area contributed by atoms with Crippen LogP contribution >= 0.6 is 0 Å². The zero-order valence-electron chi connectivity index (χ0n) is 9.38. The SMILES string of the molecule is COC(C)C(=O)NCC1CCCC1C. The van der Waals surface area contributed by atoms with E-state index in [0.717, 1.165) is 12.5 Å². The maximum Gasteiger partial charge on any atom is 0.248 e. The van der Waals surface area contributed by atoms with Crippen molar-refractivity contribution in [2.45, 2.75) is 39.2 Å². The van der Waals surface area contributed by atoms with Gasteiger partial charge in [0.05, 0.1) is 0 Å². The Hall–Kier alpha value is -0.570. The van der Waals surface area contributed by atoms with E-state index < -0.39 is 0 Å². The fraction of sp³-hybridized carbons (Fsp3) is 0.909. The Morgan fingerprint density at radius 1 is 1.57 bits per heavy atom. The van der Waals surface area contributed by atoms with Crippen LogP contribution in [0.2, 0.25) is 0 Å². The summed E-state index contributed by atoms with van der Waals surface area (Å²) in [6.07, 6.45) is 3.54. The van der Waals surface area contributed by atoms with Crippen LogP contribution in [0.5, 0.6) is 0 Å². The second-order valence-corrected chi connectivity index (χ2v) is 4.29. The van der Waals surface area contributed by atoms with Crippen molar-refractivity contribution in [3.63, 3.8) is 0 Å². The zero-order chi connectivity index (χ0) is 10.6. The topological polar surface area (TPSA) is 38.3 Å². The Balaban J connectivity index is 2.22. The van der Waals surface area contributed by atoms with Gasteiger partial charge in [-0.05, 0) is 25.2 Å². The number of ether oxygens (including phenoxy) is 1. The Morgan fingerprint density at radius 2 is 2.29 bits per heavy atom. The van der Waals surface area contributed by atoms with Crippen LogP contribution in [0.15, 0.2) is 0 Å². The van der Waals surface area contributed by atoms with Crippen LogP contribution in [0.25, 0.3) is 0 Å². The minimum absolute atomic E-state index is 0.00611. The van der Waals surface area contributed by atoms with Gasteiger partial charge in [-0.3, -0.25) is 4.79 Å². The van der Waals surface area contributed by atoms with Crippen molar-refractivity contribution in [1.82, 2.24) is 5.32 Å². The molecule has 0 saturated heterocycles. The summed E-state index contributed by atoms with van der Waals surface area (Å²) in [5.74, 6) is 1.43. The van der Waals surface area contributed by atoms with Gasteiger partial charge in [0.2, 0.25) is 5.91 Å². The van der Waals surface area contributed by atoms with Gasteiger partial charge >= 0.3 is 0 Å². The molecule has 3 heteroatoms. The summed E-state index contributed by atoms with van der Waals surface area (Å²) in [6.45, 7) is 4.85. The molecule has 0 radical (unpaired) electrons. The number of amides is 1. The number of nitrogens with one attached hydrogen (secondary N) is 1. The van der Waals surface area contributed by atoms with Crippen LogP contribution in [-0.4, -0.2) is 25.7 Å². The van der Waals surface area contributed by atoms with Gasteiger partial charge in [0.25, 0.3) is 0 Å². The number of hydrogen-bond donors (Lipinski definition) is 1. The summed E-state index contributed by atoms with van der Waals surface area (Å²) < 4.78 is 4.94. The molecule has 1 saturated carbocycles. The highest BCUT2D eigenvalue weighted by Crippen LogP contribution is 2.30. The second-order valence-electron chi connectivity index (χ2n) is 4.29. The monoisotopic (exact) mass is 199 g/mol. The minimum Gasteiger partial charge on any atom is -0.372 e. The molecule has 1 aliphatic rings. The van der Waals surface area contributed by atoms with Gasteiger partial charge < -0.3 is 10.1 Å². The van der Waals surface area contributed by atoms with Crippen molar-refractivity contribution < 1.29 is 9.53 Å². The third-order valence-corrected chi connectivity index (χ3v) is 3.30. The molecule has 0 aromatic heterocycles. The molecule has 1 rings (SSSR count). The van der Waals surface area contributed by atoms with E-state index in [9.17, 15) is 4.79 Å². The maximum atomic E-state index is 11.4. The molecule has 0 heterocycles. The van der Waals surface area contributed by atoms with Crippen molar-refractivity contribution in [2.24, 2.45) is 11.8 Å². The minimum atomic E-state index is -0.327. The molecular formula is C11H21NO2. The first kappa shape index (κ1) is 11.5. The van der Waals surface area contributed by atoms with Gasteiger partial charge in [0, 0.05) is 13.7 Å². The van der Waals surface area contributed by atoms with Gasteiger partial charge in [0.15, 0.2) is 0 Å². The van der Waals surface area contributed by atoms with E-state index in [1.54, 1.807) is 14.0 Å². The van der Waals surface area contributed by atoms with Crippen LogP contribution in [0.1, 0.15) is 33.1 Å². The molecule has 82 valence electrons. The molecule has 1 fully saturated rings. The molecule has 0 spiro atoms. The van der Waals surface area contributed by atoms with Crippen LogP contribution in [-0.2, 0) is 9.53 Å². The van der Waals surface area contributed by atoms with Gasteiger partial charge in [-0.25, -0.2) is 0 Å². The van der Waals surface area contributed by atoms with Crippen LogP contribution < -0.4 is 5.32 Å². The van der Waals surface area contributed by atoms with Crippen molar-refractivity contribution in [3.05, 3.63) is 0 Å². The highest BCUT2D eigenvalue weighted by atomic mass is 16.5. The van der Waals surface area contributed by atoms with Crippen LogP contribution in [0, 0.1) is 11.8 Å². The molecule has 3 atom stereocenters. The van der Waals surface area contributed by atoms with E-state index in [1.165, 1.54) is 19.3 Å². The van der Waals surface area contributed by atoms with Gasteiger partial charge in [-0.15, -0.1) is 0 Å². The first-order valence-corrected chi connectivity index (χ1v) is 5.45. The number of methoxy groups -OCH3 is 1. The normalized spacial score (nSPS) is 28.8. The van der Waals surface area contributed by atoms with Gasteiger partial charge in [0.1, 0.15) is 6.10 Å². The third-order valence-electron chi connectivity index (χ3n) is 3.30. The first-order valence-electron chi connectivity index (χ1n) is 5.45. The molecule has 1 N–H and O–H groups in total. The Kier molecular flexibility index (Phi) is 4.39. The molecule has 3 nitrogen and oxygen atoms in total. The molecule has 0 aromatic carbocycles. The molecule has 0 bridgehead atoms. The van der Waals surface area contributed by atoms with Gasteiger partial charge in [-0.2, -0.15) is 0 Å². The molecular weight excluding hydrogens is 178 g/mol. The maximum absolute atomic E-state index is 11.4. The highest BCUT2D eigenvalue weighted by molar-refractivity contribution is 5.80. The van der Waals surface area contributed by atoms with E-state index in [2.05, 4.69) is 12.2 Å². The average Bonchev–Trinajstić information content (AvgIpc) is 2.59. The molecule has 1 aliphatic carbocycles. The Bertz CT molecular complexity index is 194. The molecule has 0 aliphatic heterocycles. The predicted molar refractivity (Wildman–Crippen MR) is 56.0 cm³/mol. The molecule has 1 amide bonds. The van der Waals surface area contributed by atoms with E-state index in [0.29, 0.717) is 5.92 Å². The number of rotatable bonds is 4. The number of carbonyl (C=O) groups is 1. The summed E-state index contributed by atoms with van der Waals surface area (Å²) >= 11 is 0. The summed E-state index contributed by atoms with van der Waals surface area (Å²) in [4.78, 5) is 11.4. The summed E-state index contributed by atoms with van der Waals surface area (Å²) in [5.41, 5.74) is 0. The molecule has 3 unspecified atom stereocenters. The van der Waals surface area contributed by atoms with Gasteiger partial charge in [-0.1, -0.05) is 19.8 Å². The lowest BCUT2D eigenvalue weighted by molar-refractivity contribution is -0.130. The smallest absolute Gasteiger partial charge is 0.248 e. The largest absolute Gasteiger partial charge is 0.372 e. The highest BCUT2D eigenvalue weighted by Gasteiger charge is 2.24. The van der Waals surface area contributed by atoms with Crippen molar-refractivity contribution >= 4 is 5.91 Å². The quantitative estimate of drug-likeness (QED) is 0.746. The first-order chi connectivity index (χ1) is 6.65. The zero-order valence-corrected chi connectivity index (χ0v) is 9.38. The lowest BCUT2D eigenvalue weighted by atomic mass is 9.98. The van der Waals surface area contributed by atoms with Crippen molar-refractivity contribution in [2.75, 3.05) is 13.7 Å². The summed E-state index contributed by atoms with van der Waals surface area (Å²) in [6, 6.07) is 0. The van der Waals surface area contributed by atoms with Crippen LogP contribution in [0.3, 0.4) is 0 Å². The molecule has 14 heavy (non-hydrogen) atoms. The number of carbonyl (C=O) groups excluding carboxylic acids is 1. The average molecular weight is 199 g/mol. The Labute approximate surface area is 86.2 Å². The lowest BCUT2D eigenvalue weighted by Crippen LogP contribution is -2.37. The predicted octanol–water partition coefficient (Wildman–Crippen LogP) is 1.57. The van der Waals surface area contributed by atoms with Crippen molar-refractivity contribution in [1.29, 1.82) is 0 Å². The second kappa shape index (κ2) is 5.35. The van der Waals surface area contributed by atoms with E-state index >= 15 is 0 Å². The standard InChI is InChI=1S/C11H21NO2/c1-8-5-4-6-10(8)7-12-11(13)9(2)14-3/h8-10H,4-7H2,1-3H3,(H,12,13). The fourth-order valence-corrected chi connectivity index (χ4v) is 2.01. The van der Waals surface area contributed by atoms with Crippen molar-refractivity contribution in [3.8, 4) is 0 Å². The Morgan fingerprint density at radius 3 is 2.79 bits per heavy atom.